The summed E-state index contributed by atoms with van der Waals surface area (Å²) in [6.45, 7) is 20.0. The Labute approximate surface area is 139 Å². The Bertz CT molecular complexity index is 207. The molecule has 0 aromatic rings. The summed E-state index contributed by atoms with van der Waals surface area (Å²) in [6.07, 6.45) is 2.51. The van der Waals surface area contributed by atoms with Crippen molar-refractivity contribution in [3.8, 4) is 0 Å². The summed E-state index contributed by atoms with van der Waals surface area (Å²) in [7, 11) is 0. The Kier molecular flexibility index (Phi) is 14.3. The van der Waals surface area contributed by atoms with E-state index in [1.54, 1.807) is 0 Å². The van der Waals surface area contributed by atoms with Gasteiger partial charge in [0, 0.05) is 51.4 Å². The topological polar surface area (TPSA) is 48.1 Å². The molecule has 0 aliphatic rings. The van der Waals surface area contributed by atoms with Crippen LogP contribution in [0.25, 0.3) is 0 Å². The van der Waals surface area contributed by atoms with Gasteiger partial charge in [-0.3, -0.25) is 0 Å². The van der Waals surface area contributed by atoms with E-state index in [4.69, 9.17) is 0 Å². The van der Waals surface area contributed by atoms with Crippen molar-refractivity contribution in [1.29, 1.82) is 0 Å². The van der Waals surface area contributed by atoms with E-state index in [9.17, 15) is 0 Å². The summed E-state index contributed by atoms with van der Waals surface area (Å²) in [6, 6.07) is 1.25. The second-order valence-electron chi connectivity index (χ2n) is 7.47. The Morgan fingerprint density at radius 2 is 0.818 bits per heavy atom. The Hall–Kier alpha value is -0.160. The van der Waals surface area contributed by atoms with Crippen LogP contribution >= 0.6 is 0 Å². The lowest BCUT2D eigenvalue weighted by atomic mass is 10.1. The molecule has 0 radical (unpaired) electrons. The minimum atomic E-state index is 0.624. The van der Waals surface area contributed by atoms with Gasteiger partial charge in [0.05, 0.1) is 0 Å². The van der Waals surface area contributed by atoms with Crippen molar-refractivity contribution in [3.63, 3.8) is 0 Å². The van der Waals surface area contributed by atoms with Crippen molar-refractivity contribution >= 4 is 0 Å². The van der Waals surface area contributed by atoms with Crippen LogP contribution in [0.3, 0.4) is 0 Å². The third kappa shape index (κ3) is 16.2. The maximum Gasteiger partial charge on any atom is 0.00792 e. The molecule has 4 nitrogen and oxygen atoms in total. The van der Waals surface area contributed by atoms with E-state index in [0.29, 0.717) is 12.1 Å². The lowest BCUT2D eigenvalue weighted by molar-refractivity contribution is 0.433. The molecule has 4 N–H and O–H groups in total. The quantitative estimate of drug-likeness (QED) is 0.350. The molecule has 2 unspecified atom stereocenters. The molecule has 0 heterocycles. The lowest BCUT2D eigenvalue weighted by Crippen LogP contribution is -2.38. The lowest BCUT2D eigenvalue weighted by Gasteiger charge is -2.16. The van der Waals surface area contributed by atoms with Crippen LogP contribution in [0.15, 0.2) is 0 Å². The van der Waals surface area contributed by atoms with Gasteiger partial charge in [0.1, 0.15) is 0 Å². The predicted octanol–water partition coefficient (Wildman–Crippen LogP) is 2.21. The summed E-state index contributed by atoms with van der Waals surface area (Å²) in [5.74, 6) is 1.55. The van der Waals surface area contributed by atoms with Crippen molar-refractivity contribution in [1.82, 2.24) is 21.3 Å². The first-order valence-electron chi connectivity index (χ1n) is 9.30. The zero-order valence-electron chi connectivity index (χ0n) is 16.0. The first-order chi connectivity index (χ1) is 10.4. The summed E-state index contributed by atoms with van der Waals surface area (Å²) >= 11 is 0. The molecule has 0 aliphatic heterocycles. The summed E-state index contributed by atoms with van der Waals surface area (Å²) < 4.78 is 0. The normalized spacial score (nSPS) is 14.7. The molecular weight excluding hydrogens is 272 g/mol. The number of hydrogen-bond acceptors (Lipinski definition) is 4. The van der Waals surface area contributed by atoms with Crippen LogP contribution in [0.5, 0.6) is 0 Å². The monoisotopic (exact) mass is 314 g/mol. The Morgan fingerprint density at radius 1 is 0.500 bits per heavy atom. The van der Waals surface area contributed by atoms with Crippen LogP contribution in [0, 0.1) is 11.8 Å². The zero-order valence-corrected chi connectivity index (χ0v) is 16.0. The van der Waals surface area contributed by atoms with E-state index in [1.807, 2.05) is 0 Å². The van der Waals surface area contributed by atoms with Gasteiger partial charge < -0.3 is 21.3 Å². The zero-order chi connectivity index (χ0) is 16.8. The molecule has 0 fully saturated rings. The van der Waals surface area contributed by atoms with Gasteiger partial charge in [-0.1, -0.05) is 27.7 Å². The number of hydrogen-bond donors (Lipinski definition) is 4. The van der Waals surface area contributed by atoms with Gasteiger partial charge in [-0.15, -0.1) is 0 Å². The second-order valence-corrected chi connectivity index (χ2v) is 7.47. The summed E-state index contributed by atoms with van der Waals surface area (Å²) in [4.78, 5) is 0. The molecule has 0 spiro atoms. The second kappa shape index (κ2) is 14.4. The standard InChI is InChI=1S/C18H42N4/c1-15(2)13-17(5)21-11-9-19-7-8-20-10-12-22-18(6)14-16(3)4/h15-22H,7-14H2,1-6H3. The largest absolute Gasteiger partial charge is 0.314 e. The van der Waals surface area contributed by atoms with Crippen molar-refractivity contribution in [2.75, 3.05) is 39.3 Å². The molecule has 134 valence electrons. The highest BCUT2D eigenvalue weighted by molar-refractivity contribution is 4.65. The highest BCUT2D eigenvalue weighted by Crippen LogP contribution is 2.03. The molecule has 0 saturated heterocycles. The third-order valence-corrected chi connectivity index (χ3v) is 3.72. The molecule has 0 saturated carbocycles. The third-order valence-electron chi connectivity index (χ3n) is 3.72. The van der Waals surface area contributed by atoms with Gasteiger partial charge in [-0.25, -0.2) is 0 Å². The molecule has 4 heteroatoms. The Morgan fingerprint density at radius 3 is 1.14 bits per heavy atom. The molecule has 22 heavy (non-hydrogen) atoms. The van der Waals surface area contributed by atoms with E-state index in [-0.39, 0.29) is 0 Å². The van der Waals surface area contributed by atoms with E-state index in [2.05, 4.69) is 62.8 Å². The smallest absolute Gasteiger partial charge is 0.00792 e. The fourth-order valence-corrected chi connectivity index (χ4v) is 2.82. The van der Waals surface area contributed by atoms with E-state index >= 15 is 0 Å². The number of nitrogens with one attached hydrogen (secondary N) is 4. The van der Waals surface area contributed by atoms with E-state index in [1.165, 1.54) is 12.8 Å². The summed E-state index contributed by atoms with van der Waals surface area (Å²) in [5.41, 5.74) is 0. The summed E-state index contributed by atoms with van der Waals surface area (Å²) in [5, 5.41) is 14.1. The maximum absolute atomic E-state index is 3.56. The average molecular weight is 315 g/mol. The number of rotatable bonds is 15. The van der Waals surface area contributed by atoms with Crippen LogP contribution < -0.4 is 21.3 Å². The van der Waals surface area contributed by atoms with Gasteiger partial charge >= 0.3 is 0 Å². The van der Waals surface area contributed by atoms with Gasteiger partial charge in [0.2, 0.25) is 0 Å². The SMILES string of the molecule is CC(C)CC(C)NCCNCCNCCNC(C)CC(C)C. The maximum atomic E-state index is 3.56. The highest BCUT2D eigenvalue weighted by atomic mass is 15.0. The molecule has 0 aromatic carbocycles. The minimum absolute atomic E-state index is 0.624. The molecule has 0 aliphatic carbocycles. The van der Waals surface area contributed by atoms with Crippen LogP contribution in [-0.2, 0) is 0 Å². The van der Waals surface area contributed by atoms with Crippen molar-refractivity contribution in [2.45, 2.75) is 66.5 Å². The fraction of sp³-hybridized carbons (Fsp3) is 1.00. The minimum Gasteiger partial charge on any atom is -0.314 e. The van der Waals surface area contributed by atoms with Crippen molar-refractivity contribution in [2.24, 2.45) is 11.8 Å². The molecule has 0 amide bonds. The highest BCUT2D eigenvalue weighted by Gasteiger charge is 2.03. The first kappa shape index (κ1) is 21.8. The Balaban J connectivity index is 3.21. The molecule has 0 aromatic heterocycles. The van der Waals surface area contributed by atoms with E-state index in [0.717, 1.165) is 51.1 Å². The molecular formula is C18H42N4. The van der Waals surface area contributed by atoms with Crippen molar-refractivity contribution < 1.29 is 0 Å². The van der Waals surface area contributed by atoms with Gasteiger partial charge in [-0.2, -0.15) is 0 Å². The van der Waals surface area contributed by atoms with Crippen LogP contribution in [0.4, 0.5) is 0 Å². The fourth-order valence-electron chi connectivity index (χ4n) is 2.82. The first-order valence-corrected chi connectivity index (χ1v) is 9.30. The molecule has 0 rings (SSSR count). The van der Waals surface area contributed by atoms with Gasteiger partial charge in [-0.05, 0) is 38.5 Å². The van der Waals surface area contributed by atoms with Crippen LogP contribution in [-0.4, -0.2) is 51.4 Å². The van der Waals surface area contributed by atoms with Crippen LogP contribution in [0.2, 0.25) is 0 Å². The van der Waals surface area contributed by atoms with Crippen molar-refractivity contribution in [3.05, 3.63) is 0 Å². The molecule has 2 atom stereocenters. The van der Waals surface area contributed by atoms with Gasteiger partial charge in [0.15, 0.2) is 0 Å². The van der Waals surface area contributed by atoms with Gasteiger partial charge in [0.25, 0.3) is 0 Å². The van der Waals surface area contributed by atoms with E-state index < -0.39 is 0 Å². The predicted molar refractivity (Wildman–Crippen MR) is 99.6 cm³/mol. The van der Waals surface area contributed by atoms with Crippen LogP contribution in [0.1, 0.15) is 54.4 Å². The molecule has 0 bridgehead atoms. The average Bonchev–Trinajstić information content (AvgIpc) is 2.39.